The molecule has 0 radical (unpaired) electrons. The van der Waals surface area contributed by atoms with Gasteiger partial charge in [0, 0.05) is 3.57 Å². The molecule has 2 aromatic rings. The first-order chi connectivity index (χ1) is 10.6. The van der Waals surface area contributed by atoms with Crippen molar-refractivity contribution in [2.75, 3.05) is 19.0 Å². The molecule has 2 aromatic carbocycles. The minimum Gasteiger partial charge on any atom is -0.483 e. The molecule has 1 N–H and O–H groups in total. The molecule has 0 unspecified atom stereocenters. The number of amides is 1. The number of rotatable bonds is 5. The van der Waals surface area contributed by atoms with Gasteiger partial charge in [-0.3, -0.25) is 4.79 Å². The summed E-state index contributed by atoms with van der Waals surface area (Å²) < 4.78 is 11.0. The fourth-order valence-electron chi connectivity index (χ4n) is 1.76. The van der Waals surface area contributed by atoms with Crippen molar-refractivity contribution in [1.29, 1.82) is 0 Å². The van der Waals surface area contributed by atoms with Crippen molar-refractivity contribution in [2.24, 2.45) is 0 Å². The predicted molar refractivity (Wildman–Crippen MR) is 91.1 cm³/mol. The maximum Gasteiger partial charge on any atom is 0.341 e. The van der Waals surface area contributed by atoms with E-state index >= 15 is 0 Å². The number of benzene rings is 2. The third-order valence-electron chi connectivity index (χ3n) is 2.80. The zero-order chi connectivity index (χ0) is 15.9. The lowest BCUT2D eigenvalue weighted by atomic mass is 10.2. The molecule has 0 heterocycles. The molecule has 0 saturated heterocycles. The van der Waals surface area contributed by atoms with E-state index in [1.165, 1.54) is 7.11 Å². The van der Waals surface area contributed by atoms with E-state index < -0.39 is 5.97 Å². The Morgan fingerprint density at radius 2 is 1.77 bits per heavy atom. The van der Waals surface area contributed by atoms with Crippen LogP contribution in [0.25, 0.3) is 0 Å². The van der Waals surface area contributed by atoms with Crippen molar-refractivity contribution >= 4 is 40.2 Å². The molecule has 0 aliphatic heterocycles. The number of para-hydroxylation sites is 2. The monoisotopic (exact) mass is 411 g/mol. The Labute approximate surface area is 141 Å². The van der Waals surface area contributed by atoms with E-state index in [1.54, 1.807) is 24.3 Å². The second-order valence-corrected chi connectivity index (χ2v) is 5.47. The Balaban J connectivity index is 2.00. The van der Waals surface area contributed by atoms with Crippen LogP contribution in [-0.2, 0) is 9.53 Å². The lowest BCUT2D eigenvalue weighted by Crippen LogP contribution is -2.21. The van der Waals surface area contributed by atoms with Gasteiger partial charge in [0.1, 0.15) is 11.3 Å². The summed E-state index contributed by atoms with van der Waals surface area (Å²) in [5, 5.41) is 2.76. The number of hydrogen-bond acceptors (Lipinski definition) is 4. The second-order valence-electron chi connectivity index (χ2n) is 4.30. The zero-order valence-electron chi connectivity index (χ0n) is 11.8. The van der Waals surface area contributed by atoms with Crippen molar-refractivity contribution in [2.45, 2.75) is 0 Å². The first kappa shape index (κ1) is 16.3. The molecule has 6 heteroatoms. The average molecular weight is 411 g/mol. The van der Waals surface area contributed by atoms with E-state index in [2.05, 4.69) is 32.6 Å². The molecule has 0 spiro atoms. The van der Waals surface area contributed by atoms with Gasteiger partial charge in [-0.15, -0.1) is 0 Å². The highest BCUT2D eigenvalue weighted by atomic mass is 127. The van der Waals surface area contributed by atoms with E-state index in [0.717, 1.165) is 9.26 Å². The lowest BCUT2D eigenvalue weighted by Gasteiger charge is -2.11. The number of halogens is 1. The molecule has 0 aliphatic carbocycles. The highest BCUT2D eigenvalue weighted by molar-refractivity contribution is 14.1. The van der Waals surface area contributed by atoms with Gasteiger partial charge in [0.25, 0.3) is 5.91 Å². The van der Waals surface area contributed by atoms with Crippen molar-refractivity contribution in [3.63, 3.8) is 0 Å². The van der Waals surface area contributed by atoms with E-state index in [0.29, 0.717) is 5.75 Å². The van der Waals surface area contributed by atoms with Crippen LogP contribution in [-0.4, -0.2) is 25.6 Å². The number of anilines is 1. The molecule has 0 aliphatic rings. The molecular formula is C16H14INO4. The van der Waals surface area contributed by atoms with Gasteiger partial charge in [0.15, 0.2) is 6.61 Å². The number of ether oxygens (including phenoxy) is 2. The smallest absolute Gasteiger partial charge is 0.341 e. The summed E-state index contributed by atoms with van der Waals surface area (Å²) in [5.74, 6) is -0.496. The minimum atomic E-state index is -0.506. The van der Waals surface area contributed by atoms with E-state index in [1.807, 2.05) is 24.3 Å². The molecule has 2 rings (SSSR count). The summed E-state index contributed by atoms with van der Waals surface area (Å²) in [5.41, 5.74) is 1.00. The maximum atomic E-state index is 11.9. The summed E-state index contributed by atoms with van der Waals surface area (Å²) in [6.45, 7) is -0.195. The van der Waals surface area contributed by atoms with Gasteiger partial charge in [-0.05, 0) is 46.9 Å². The normalized spacial score (nSPS) is 9.91. The molecule has 1 amide bonds. The fraction of sp³-hybridized carbons (Fsp3) is 0.125. The standard InChI is InChI=1S/C16H14INO4/c1-21-16(20)11-6-2-5-9-14(11)22-10-15(19)18-13-8-4-3-7-12(13)17/h2-9H,10H2,1H3,(H,18,19). The quantitative estimate of drug-likeness (QED) is 0.607. The van der Waals surface area contributed by atoms with E-state index in [4.69, 9.17) is 4.74 Å². The number of esters is 1. The number of hydrogen-bond donors (Lipinski definition) is 1. The molecule has 0 bridgehead atoms. The van der Waals surface area contributed by atoms with Crippen molar-refractivity contribution in [1.82, 2.24) is 0 Å². The van der Waals surface area contributed by atoms with Gasteiger partial charge in [0.05, 0.1) is 12.8 Å². The second kappa shape index (κ2) is 7.79. The summed E-state index contributed by atoms with van der Waals surface area (Å²) in [7, 11) is 1.29. The van der Waals surface area contributed by atoms with Gasteiger partial charge in [0.2, 0.25) is 0 Å². The van der Waals surface area contributed by atoms with Crippen LogP contribution in [0.3, 0.4) is 0 Å². The first-order valence-electron chi connectivity index (χ1n) is 6.46. The molecule has 0 fully saturated rings. The first-order valence-corrected chi connectivity index (χ1v) is 7.54. The van der Waals surface area contributed by atoms with Crippen molar-refractivity contribution < 1.29 is 19.1 Å². The zero-order valence-corrected chi connectivity index (χ0v) is 14.0. The van der Waals surface area contributed by atoms with E-state index in [-0.39, 0.29) is 18.1 Å². The highest BCUT2D eigenvalue weighted by Crippen LogP contribution is 2.19. The van der Waals surface area contributed by atoms with Crippen LogP contribution in [0.15, 0.2) is 48.5 Å². The summed E-state index contributed by atoms with van der Waals surface area (Å²) in [6.07, 6.45) is 0. The predicted octanol–water partition coefficient (Wildman–Crippen LogP) is 3.10. The van der Waals surface area contributed by atoms with Gasteiger partial charge in [-0.2, -0.15) is 0 Å². The SMILES string of the molecule is COC(=O)c1ccccc1OCC(=O)Nc1ccccc1I. The van der Waals surface area contributed by atoms with Crippen LogP contribution in [0.1, 0.15) is 10.4 Å². The summed E-state index contributed by atoms with van der Waals surface area (Å²) >= 11 is 2.14. The summed E-state index contributed by atoms with van der Waals surface area (Å²) in [6, 6.07) is 14.0. The minimum absolute atomic E-state index is 0.195. The molecule has 0 saturated carbocycles. The molecule has 5 nitrogen and oxygen atoms in total. The van der Waals surface area contributed by atoms with Crippen LogP contribution in [0, 0.1) is 3.57 Å². The number of carbonyl (C=O) groups is 2. The van der Waals surface area contributed by atoms with Crippen LogP contribution in [0.2, 0.25) is 0 Å². The highest BCUT2D eigenvalue weighted by Gasteiger charge is 2.13. The molecule has 114 valence electrons. The van der Waals surface area contributed by atoms with Crippen molar-refractivity contribution in [3.8, 4) is 5.75 Å². The van der Waals surface area contributed by atoms with Crippen molar-refractivity contribution in [3.05, 3.63) is 57.7 Å². The van der Waals surface area contributed by atoms with Crippen LogP contribution < -0.4 is 10.1 Å². The average Bonchev–Trinajstić information content (AvgIpc) is 2.54. The van der Waals surface area contributed by atoms with E-state index in [9.17, 15) is 9.59 Å². The topological polar surface area (TPSA) is 64.6 Å². The largest absolute Gasteiger partial charge is 0.483 e. The Morgan fingerprint density at radius 1 is 1.09 bits per heavy atom. The Morgan fingerprint density at radius 3 is 2.50 bits per heavy atom. The number of nitrogens with one attached hydrogen (secondary N) is 1. The molecule has 0 atom stereocenters. The molecular weight excluding hydrogens is 397 g/mol. The number of carbonyl (C=O) groups excluding carboxylic acids is 2. The van der Waals surface area contributed by atoms with Gasteiger partial charge in [-0.1, -0.05) is 24.3 Å². The Hall–Kier alpha value is -2.09. The molecule has 0 aromatic heterocycles. The van der Waals surface area contributed by atoms with Crippen LogP contribution >= 0.6 is 22.6 Å². The summed E-state index contributed by atoms with van der Waals surface area (Å²) in [4.78, 5) is 23.5. The third kappa shape index (κ3) is 4.20. The van der Waals surface area contributed by atoms with Crippen LogP contribution in [0.5, 0.6) is 5.75 Å². The molecule has 22 heavy (non-hydrogen) atoms. The Bertz CT molecular complexity index is 687. The maximum absolute atomic E-state index is 11.9. The van der Waals surface area contributed by atoms with Crippen LogP contribution in [0.4, 0.5) is 5.69 Å². The van der Waals surface area contributed by atoms with Gasteiger partial charge >= 0.3 is 5.97 Å². The van der Waals surface area contributed by atoms with Gasteiger partial charge in [-0.25, -0.2) is 4.79 Å². The lowest BCUT2D eigenvalue weighted by molar-refractivity contribution is -0.118. The fourth-order valence-corrected chi connectivity index (χ4v) is 2.29. The number of methoxy groups -OCH3 is 1. The van der Waals surface area contributed by atoms with Gasteiger partial charge < -0.3 is 14.8 Å². The Kier molecular flexibility index (Phi) is 5.76. The third-order valence-corrected chi connectivity index (χ3v) is 3.74.